The zero-order chi connectivity index (χ0) is 18.9. The Balaban J connectivity index is 1.50. The largest absolute Gasteiger partial charge is 0.340 e. The molecule has 4 rings (SSSR count). The number of thiophene rings is 1. The Morgan fingerprint density at radius 3 is 2.56 bits per heavy atom. The molecular formula is C22H26N2O2S. The number of carbonyl (C=O) groups excluding carboxylic acids is 2. The van der Waals surface area contributed by atoms with Gasteiger partial charge in [0.2, 0.25) is 5.91 Å². The van der Waals surface area contributed by atoms with Crippen molar-refractivity contribution in [2.45, 2.75) is 38.0 Å². The highest BCUT2D eigenvalue weighted by Gasteiger charge is 2.41. The van der Waals surface area contributed by atoms with Gasteiger partial charge >= 0.3 is 0 Å². The number of aryl methyl sites for hydroxylation is 1. The van der Waals surface area contributed by atoms with Gasteiger partial charge in [0, 0.05) is 26.2 Å². The lowest BCUT2D eigenvalue weighted by molar-refractivity contribution is -0.137. The summed E-state index contributed by atoms with van der Waals surface area (Å²) < 4.78 is 0. The molecule has 4 nitrogen and oxygen atoms in total. The second-order valence-electron chi connectivity index (χ2n) is 7.76. The summed E-state index contributed by atoms with van der Waals surface area (Å²) in [6.07, 6.45) is 3.84. The molecule has 2 amide bonds. The van der Waals surface area contributed by atoms with Gasteiger partial charge in [-0.3, -0.25) is 9.59 Å². The lowest BCUT2D eigenvalue weighted by Crippen LogP contribution is -2.48. The van der Waals surface area contributed by atoms with E-state index >= 15 is 0 Å². The first-order valence-corrected chi connectivity index (χ1v) is 10.7. The molecule has 1 aromatic carbocycles. The van der Waals surface area contributed by atoms with Gasteiger partial charge in [-0.05, 0) is 55.2 Å². The maximum atomic E-state index is 13.5. The molecule has 2 heterocycles. The summed E-state index contributed by atoms with van der Waals surface area (Å²) in [6.45, 7) is 4.78. The molecule has 0 N–H and O–H groups in total. The lowest BCUT2D eigenvalue weighted by atomic mass is 9.70. The second kappa shape index (κ2) is 7.47. The van der Waals surface area contributed by atoms with E-state index in [1.807, 2.05) is 33.4 Å². The van der Waals surface area contributed by atoms with Gasteiger partial charge in [-0.25, -0.2) is 0 Å². The zero-order valence-electron chi connectivity index (χ0n) is 15.8. The third kappa shape index (κ3) is 3.41. The average molecular weight is 383 g/mol. The molecule has 0 bridgehead atoms. The Bertz CT molecular complexity index is 833. The van der Waals surface area contributed by atoms with Crippen molar-refractivity contribution in [2.24, 2.45) is 0 Å². The highest BCUT2D eigenvalue weighted by Crippen LogP contribution is 2.38. The van der Waals surface area contributed by atoms with E-state index in [-0.39, 0.29) is 11.8 Å². The fraction of sp³-hybridized carbons (Fsp3) is 0.455. The topological polar surface area (TPSA) is 40.6 Å². The first-order chi connectivity index (χ1) is 13.1. The molecule has 0 spiro atoms. The Morgan fingerprint density at radius 2 is 1.74 bits per heavy atom. The van der Waals surface area contributed by atoms with Crippen molar-refractivity contribution in [3.63, 3.8) is 0 Å². The van der Waals surface area contributed by atoms with Crippen molar-refractivity contribution in [1.29, 1.82) is 0 Å². The highest BCUT2D eigenvalue weighted by atomic mass is 32.1. The van der Waals surface area contributed by atoms with E-state index in [9.17, 15) is 9.59 Å². The van der Waals surface area contributed by atoms with Gasteiger partial charge in [0.1, 0.15) is 0 Å². The van der Waals surface area contributed by atoms with E-state index in [1.54, 1.807) is 0 Å². The monoisotopic (exact) mass is 382 g/mol. The summed E-state index contributed by atoms with van der Waals surface area (Å²) >= 11 is 1.48. The van der Waals surface area contributed by atoms with Crippen LogP contribution in [0.15, 0.2) is 41.8 Å². The van der Waals surface area contributed by atoms with Crippen LogP contribution in [0.25, 0.3) is 0 Å². The molecule has 1 aromatic heterocycles. The molecule has 0 radical (unpaired) electrons. The molecule has 1 atom stereocenters. The van der Waals surface area contributed by atoms with Gasteiger partial charge in [-0.1, -0.05) is 30.3 Å². The molecule has 5 heteroatoms. The van der Waals surface area contributed by atoms with Crippen molar-refractivity contribution < 1.29 is 9.59 Å². The number of hydrogen-bond donors (Lipinski definition) is 0. The number of fused-ring (bicyclic) bond motifs is 1. The van der Waals surface area contributed by atoms with Gasteiger partial charge in [-0.15, -0.1) is 11.3 Å². The number of carbonyl (C=O) groups is 2. The number of benzene rings is 1. The fourth-order valence-corrected chi connectivity index (χ4v) is 5.19. The van der Waals surface area contributed by atoms with Crippen molar-refractivity contribution in [3.05, 3.63) is 57.8 Å². The van der Waals surface area contributed by atoms with Gasteiger partial charge in [0.05, 0.1) is 10.3 Å². The van der Waals surface area contributed by atoms with E-state index in [4.69, 9.17) is 0 Å². The third-order valence-electron chi connectivity index (χ3n) is 6.01. The van der Waals surface area contributed by atoms with Crippen LogP contribution in [-0.2, 0) is 16.6 Å². The van der Waals surface area contributed by atoms with Crippen LogP contribution in [0.4, 0.5) is 0 Å². The van der Waals surface area contributed by atoms with E-state index < -0.39 is 5.41 Å². The zero-order valence-corrected chi connectivity index (χ0v) is 16.6. The van der Waals surface area contributed by atoms with Crippen LogP contribution < -0.4 is 0 Å². The fourth-order valence-electron chi connectivity index (χ4n) is 4.49. The lowest BCUT2D eigenvalue weighted by Gasteiger charge is -2.38. The summed E-state index contributed by atoms with van der Waals surface area (Å²) in [5.74, 6) is 0.314. The molecule has 2 aromatic rings. The summed E-state index contributed by atoms with van der Waals surface area (Å²) in [6, 6.07) is 12.2. The smallest absolute Gasteiger partial charge is 0.263 e. The standard InChI is InChI=1S/C22H26N2O2S/c1-22(11-4-8-17-7-2-3-9-18(17)22)21(26)24-13-6-12-23(14-15-24)20(25)19-10-5-16-27-19/h2-3,5,7,9-10,16H,4,6,8,11-15H2,1H3. The summed E-state index contributed by atoms with van der Waals surface area (Å²) in [5, 5.41) is 1.93. The molecular weight excluding hydrogens is 356 g/mol. The van der Waals surface area contributed by atoms with Crippen molar-refractivity contribution in [2.75, 3.05) is 26.2 Å². The molecule has 1 aliphatic heterocycles. The van der Waals surface area contributed by atoms with Crippen LogP contribution in [0, 0.1) is 0 Å². The van der Waals surface area contributed by atoms with E-state index in [1.165, 1.54) is 22.5 Å². The predicted molar refractivity (Wildman–Crippen MR) is 108 cm³/mol. The number of amides is 2. The van der Waals surface area contributed by atoms with Crippen LogP contribution in [0.1, 0.15) is 47.0 Å². The molecule has 1 fully saturated rings. The summed E-state index contributed by atoms with van der Waals surface area (Å²) in [7, 11) is 0. The van der Waals surface area contributed by atoms with Gasteiger partial charge in [0.15, 0.2) is 0 Å². The maximum absolute atomic E-state index is 13.5. The highest BCUT2D eigenvalue weighted by molar-refractivity contribution is 7.12. The molecule has 1 aliphatic carbocycles. The minimum absolute atomic E-state index is 0.0912. The molecule has 27 heavy (non-hydrogen) atoms. The molecule has 2 aliphatic rings. The Labute approximate surface area is 164 Å². The SMILES string of the molecule is CC1(C(=O)N2CCCN(C(=O)c3cccs3)CC2)CCCc2ccccc21. The average Bonchev–Trinajstić information content (AvgIpc) is 3.12. The molecule has 1 saturated heterocycles. The van der Waals surface area contributed by atoms with Gasteiger partial charge in [-0.2, -0.15) is 0 Å². The normalized spacial score (nSPS) is 22.9. The molecule has 142 valence electrons. The molecule has 1 unspecified atom stereocenters. The summed E-state index contributed by atoms with van der Waals surface area (Å²) in [4.78, 5) is 30.8. The van der Waals surface area contributed by atoms with E-state index in [2.05, 4.69) is 25.1 Å². The second-order valence-corrected chi connectivity index (χ2v) is 8.71. The Hall–Kier alpha value is -2.14. The van der Waals surface area contributed by atoms with Crippen LogP contribution in [0.3, 0.4) is 0 Å². The minimum atomic E-state index is -0.443. The van der Waals surface area contributed by atoms with Crippen LogP contribution in [0.2, 0.25) is 0 Å². The Morgan fingerprint density at radius 1 is 0.963 bits per heavy atom. The number of nitrogens with zero attached hydrogens (tertiary/aromatic N) is 2. The first-order valence-electron chi connectivity index (χ1n) is 9.80. The van der Waals surface area contributed by atoms with Gasteiger partial charge in [0.25, 0.3) is 5.91 Å². The van der Waals surface area contributed by atoms with Crippen molar-refractivity contribution in [1.82, 2.24) is 9.80 Å². The van der Waals surface area contributed by atoms with E-state index in [0.717, 1.165) is 37.1 Å². The van der Waals surface area contributed by atoms with E-state index in [0.29, 0.717) is 19.6 Å². The van der Waals surface area contributed by atoms with Crippen LogP contribution in [0.5, 0.6) is 0 Å². The predicted octanol–water partition coefficient (Wildman–Crippen LogP) is 3.72. The maximum Gasteiger partial charge on any atom is 0.263 e. The minimum Gasteiger partial charge on any atom is -0.340 e. The summed E-state index contributed by atoms with van der Waals surface area (Å²) in [5.41, 5.74) is 2.06. The van der Waals surface area contributed by atoms with Crippen molar-refractivity contribution >= 4 is 23.2 Å². The van der Waals surface area contributed by atoms with Crippen molar-refractivity contribution in [3.8, 4) is 0 Å². The van der Waals surface area contributed by atoms with Gasteiger partial charge < -0.3 is 9.80 Å². The number of hydrogen-bond acceptors (Lipinski definition) is 3. The first kappa shape index (κ1) is 18.2. The quantitative estimate of drug-likeness (QED) is 0.794. The third-order valence-corrected chi connectivity index (χ3v) is 6.87. The Kier molecular flexibility index (Phi) is 5.04. The molecule has 0 saturated carbocycles. The van der Waals surface area contributed by atoms with Crippen LogP contribution >= 0.6 is 11.3 Å². The van der Waals surface area contributed by atoms with Crippen LogP contribution in [-0.4, -0.2) is 47.8 Å². The number of rotatable bonds is 2.